The quantitative estimate of drug-likeness (QED) is 0.854. The fourth-order valence-electron chi connectivity index (χ4n) is 3.80. The Morgan fingerprint density at radius 1 is 1.11 bits per heavy atom. The van der Waals surface area contributed by atoms with Crippen molar-refractivity contribution in [1.82, 2.24) is 5.32 Å². The number of rotatable bonds is 3. The summed E-state index contributed by atoms with van der Waals surface area (Å²) < 4.78 is 0. The largest absolute Gasteiger partial charge is 0.316 e. The number of hydrogen-bond donors (Lipinski definition) is 1. The van der Waals surface area contributed by atoms with Crippen molar-refractivity contribution in [3.05, 3.63) is 35.9 Å². The highest BCUT2D eigenvalue weighted by Gasteiger charge is 2.56. The molecule has 1 heterocycles. The molecule has 2 aliphatic rings. The van der Waals surface area contributed by atoms with Crippen molar-refractivity contribution in [2.45, 2.75) is 39.5 Å². The highest BCUT2D eigenvalue weighted by atomic mass is 14.9. The first-order valence-corrected chi connectivity index (χ1v) is 7.39. The van der Waals surface area contributed by atoms with Crippen LogP contribution in [0.25, 0.3) is 0 Å². The highest BCUT2D eigenvalue weighted by Crippen LogP contribution is 2.63. The first-order chi connectivity index (χ1) is 8.64. The van der Waals surface area contributed by atoms with Crippen LogP contribution < -0.4 is 5.32 Å². The lowest BCUT2D eigenvalue weighted by Gasteiger charge is -2.47. The van der Waals surface area contributed by atoms with Gasteiger partial charge in [0, 0.05) is 0 Å². The second-order valence-electron chi connectivity index (χ2n) is 6.82. The lowest BCUT2D eigenvalue weighted by Crippen LogP contribution is -2.48. The molecule has 98 valence electrons. The Balaban J connectivity index is 1.80. The molecule has 2 atom stereocenters. The lowest BCUT2D eigenvalue weighted by molar-refractivity contribution is 0.0473. The molecule has 1 saturated carbocycles. The van der Waals surface area contributed by atoms with Crippen LogP contribution in [0.15, 0.2) is 30.3 Å². The van der Waals surface area contributed by atoms with Gasteiger partial charge in [0.15, 0.2) is 0 Å². The van der Waals surface area contributed by atoms with Crippen molar-refractivity contribution >= 4 is 0 Å². The molecule has 0 spiro atoms. The number of benzene rings is 1. The van der Waals surface area contributed by atoms with Crippen LogP contribution in [0.1, 0.15) is 38.7 Å². The predicted octanol–water partition coefficient (Wildman–Crippen LogP) is 3.65. The van der Waals surface area contributed by atoms with Gasteiger partial charge in [-0.1, -0.05) is 44.2 Å². The van der Waals surface area contributed by atoms with E-state index >= 15 is 0 Å². The van der Waals surface area contributed by atoms with Gasteiger partial charge in [0.2, 0.25) is 0 Å². The standard InChI is InChI=1S/C17H25N/c1-16(8-9-16)17(2)10-11-18-13-15(17)12-14-6-4-3-5-7-14/h3-7,15,18H,8-13H2,1-2H3. The topological polar surface area (TPSA) is 12.0 Å². The monoisotopic (exact) mass is 243 g/mol. The Morgan fingerprint density at radius 2 is 1.83 bits per heavy atom. The summed E-state index contributed by atoms with van der Waals surface area (Å²) in [6.45, 7) is 7.46. The molecule has 1 aromatic rings. The maximum absolute atomic E-state index is 3.61. The third-order valence-corrected chi connectivity index (χ3v) is 5.82. The summed E-state index contributed by atoms with van der Waals surface area (Å²) in [4.78, 5) is 0. The van der Waals surface area contributed by atoms with Gasteiger partial charge in [0.1, 0.15) is 0 Å². The summed E-state index contributed by atoms with van der Waals surface area (Å²) in [6, 6.07) is 11.0. The Hall–Kier alpha value is -0.820. The molecule has 2 unspecified atom stereocenters. The van der Waals surface area contributed by atoms with E-state index in [0.717, 1.165) is 5.92 Å². The van der Waals surface area contributed by atoms with E-state index in [1.165, 1.54) is 44.3 Å². The number of piperidine rings is 1. The summed E-state index contributed by atoms with van der Waals surface area (Å²) in [7, 11) is 0. The van der Waals surface area contributed by atoms with Gasteiger partial charge in [-0.3, -0.25) is 0 Å². The zero-order chi connectivity index (χ0) is 12.6. The van der Waals surface area contributed by atoms with Crippen molar-refractivity contribution in [3.63, 3.8) is 0 Å². The Bertz CT molecular complexity index is 407. The summed E-state index contributed by atoms with van der Waals surface area (Å²) in [5, 5.41) is 3.61. The van der Waals surface area contributed by atoms with Crippen molar-refractivity contribution < 1.29 is 0 Å². The second kappa shape index (κ2) is 4.38. The van der Waals surface area contributed by atoms with Gasteiger partial charge in [-0.2, -0.15) is 0 Å². The molecule has 1 N–H and O–H groups in total. The molecule has 18 heavy (non-hydrogen) atoms. The molecule has 1 aliphatic heterocycles. The van der Waals surface area contributed by atoms with E-state index in [4.69, 9.17) is 0 Å². The molecular formula is C17H25N. The molecule has 0 amide bonds. The Morgan fingerprint density at radius 3 is 2.50 bits per heavy atom. The van der Waals surface area contributed by atoms with E-state index in [1.807, 2.05) is 0 Å². The fraction of sp³-hybridized carbons (Fsp3) is 0.647. The van der Waals surface area contributed by atoms with E-state index in [-0.39, 0.29) is 0 Å². The van der Waals surface area contributed by atoms with Gasteiger partial charge in [-0.15, -0.1) is 0 Å². The Labute approximate surface area is 111 Å². The highest BCUT2D eigenvalue weighted by molar-refractivity contribution is 5.18. The van der Waals surface area contributed by atoms with Crippen molar-refractivity contribution in [3.8, 4) is 0 Å². The van der Waals surface area contributed by atoms with Crippen molar-refractivity contribution in [2.75, 3.05) is 13.1 Å². The minimum atomic E-state index is 0.536. The van der Waals surface area contributed by atoms with E-state index in [9.17, 15) is 0 Å². The summed E-state index contributed by atoms with van der Waals surface area (Å²) >= 11 is 0. The molecule has 3 rings (SSSR count). The lowest BCUT2D eigenvalue weighted by atomic mass is 9.61. The fourth-order valence-corrected chi connectivity index (χ4v) is 3.80. The minimum absolute atomic E-state index is 0.536. The molecule has 2 fully saturated rings. The van der Waals surface area contributed by atoms with Gasteiger partial charge in [-0.05, 0) is 61.1 Å². The van der Waals surface area contributed by atoms with E-state index in [2.05, 4.69) is 49.5 Å². The molecule has 1 aromatic carbocycles. The number of hydrogen-bond acceptors (Lipinski definition) is 1. The van der Waals surface area contributed by atoms with Crippen LogP contribution >= 0.6 is 0 Å². The van der Waals surface area contributed by atoms with E-state index in [1.54, 1.807) is 0 Å². The normalized spacial score (nSPS) is 34.2. The average Bonchev–Trinajstić information content (AvgIpc) is 3.14. The molecular weight excluding hydrogens is 218 g/mol. The molecule has 1 heteroatoms. The van der Waals surface area contributed by atoms with Gasteiger partial charge in [0.25, 0.3) is 0 Å². The van der Waals surface area contributed by atoms with Gasteiger partial charge >= 0.3 is 0 Å². The summed E-state index contributed by atoms with van der Waals surface area (Å²) in [5.41, 5.74) is 2.66. The first-order valence-electron chi connectivity index (χ1n) is 7.39. The zero-order valence-corrected chi connectivity index (χ0v) is 11.7. The van der Waals surface area contributed by atoms with Crippen LogP contribution in [0.5, 0.6) is 0 Å². The van der Waals surface area contributed by atoms with Crippen LogP contribution in [0.3, 0.4) is 0 Å². The third kappa shape index (κ3) is 1.99. The van der Waals surface area contributed by atoms with Gasteiger partial charge in [0.05, 0.1) is 0 Å². The van der Waals surface area contributed by atoms with Crippen molar-refractivity contribution in [1.29, 1.82) is 0 Å². The smallest absolute Gasteiger partial charge is 0.00119 e. The molecule has 1 saturated heterocycles. The molecule has 0 aromatic heterocycles. The van der Waals surface area contributed by atoms with Gasteiger partial charge in [-0.25, -0.2) is 0 Å². The number of nitrogens with one attached hydrogen (secondary N) is 1. The third-order valence-electron chi connectivity index (χ3n) is 5.82. The maximum atomic E-state index is 3.61. The predicted molar refractivity (Wildman–Crippen MR) is 76.6 cm³/mol. The molecule has 0 bridgehead atoms. The van der Waals surface area contributed by atoms with E-state index < -0.39 is 0 Å². The second-order valence-corrected chi connectivity index (χ2v) is 6.82. The Kier molecular flexibility index (Phi) is 2.97. The summed E-state index contributed by atoms with van der Waals surface area (Å²) in [6.07, 6.45) is 5.46. The first kappa shape index (κ1) is 12.2. The molecule has 1 nitrogen and oxygen atoms in total. The van der Waals surface area contributed by atoms with Gasteiger partial charge < -0.3 is 5.32 Å². The zero-order valence-electron chi connectivity index (χ0n) is 11.7. The summed E-state index contributed by atoms with van der Waals surface area (Å²) in [5.74, 6) is 0.793. The van der Waals surface area contributed by atoms with Crippen LogP contribution in [-0.2, 0) is 6.42 Å². The maximum Gasteiger partial charge on any atom is -0.00119 e. The minimum Gasteiger partial charge on any atom is -0.316 e. The average molecular weight is 243 g/mol. The van der Waals surface area contributed by atoms with Crippen LogP contribution in [0, 0.1) is 16.7 Å². The van der Waals surface area contributed by atoms with Crippen LogP contribution in [-0.4, -0.2) is 13.1 Å². The van der Waals surface area contributed by atoms with Crippen LogP contribution in [0.2, 0.25) is 0 Å². The van der Waals surface area contributed by atoms with Crippen LogP contribution in [0.4, 0.5) is 0 Å². The SMILES string of the molecule is CC1(C2(C)CCNCC2Cc2ccccc2)CC1. The van der Waals surface area contributed by atoms with E-state index in [0.29, 0.717) is 10.8 Å². The molecule has 0 radical (unpaired) electrons. The van der Waals surface area contributed by atoms with Crippen molar-refractivity contribution in [2.24, 2.45) is 16.7 Å². The molecule has 1 aliphatic carbocycles.